The van der Waals surface area contributed by atoms with Gasteiger partial charge in [0.2, 0.25) is 0 Å². The Bertz CT molecular complexity index is 782. The van der Waals surface area contributed by atoms with Crippen molar-refractivity contribution in [1.82, 2.24) is 9.88 Å². The number of anilines is 1. The molecule has 150 valence electrons. The van der Waals surface area contributed by atoms with Crippen molar-refractivity contribution in [3.63, 3.8) is 0 Å². The Morgan fingerprint density at radius 2 is 1.64 bits per heavy atom. The molecule has 28 heavy (non-hydrogen) atoms. The zero-order valence-corrected chi connectivity index (χ0v) is 17.1. The first-order valence-corrected chi connectivity index (χ1v) is 9.77. The molecule has 0 spiro atoms. The van der Waals surface area contributed by atoms with Crippen LogP contribution in [0.4, 0.5) is 5.69 Å². The van der Waals surface area contributed by atoms with Crippen LogP contribution < -0.4 is 10.1 Å². The van der Waals surface area contributed by atoms with Crippen molar-refractivity contribution in [2.75, 3.05) is 18.4 Å². The molecule has 2 rings (SSSR count). The Morgan fingerprint density at radius 3 is 2.21 bits per heavy atom. The van der Waals surface area contributed by atoms with E-state index in [4.69, 9.17) is 4.74 Å². The van der Waals surface area contributed by atoms with Gasteiger partial charge in [0.15, 0.2) is 0 Å². The van der Waals surface area contributed by atoms with Crippen LogP contribution in [-0.4, -0.2) is 40.9 Å². The van der Waals surface area contributed by atoms with Crippen molar-refractivity contribution in [2.45, 2.75) is 46.6 Å². The van der Waals surface area contributed by atoms with Gasteiger partial charge in [0, 0.05) is 31.2 Å². The number of pyridine rings is 1. The second-order valence-electron chi connectivity index (χ2n) is 6.90. The lowest BCUT2D eigenvalue weighted by Crippen LogP contribution is -2.32. The number of amides is 2. The third kappa shape index (κ3) is 6.08. The van der Waals surface area contributed by atoms with Crippen LogP contribution in [0, 0.1) is 0 Å². The van der Waals surface area contributed by atoms with Crippen LogP contribution in [0.5, 0.6) is 5.75 Å². The molecule has 0 aliphatic rings. The topological polar surface area (TPSA) is 71.5 Å². The number of nitrogens with one attached hydrogen (secondary N) is 1. The third-order valence-corrected chi connectivity index (χ3v) is 4.01. The summed E-state index contributed by atoms with van der Waals surface area (Å²) < 4.78 is 5.60. The molecule has 0 fully saturated rings. The number of carbonyl (C=O) groups excluding carboxylic acids is 2. The number of hydrogen-bond donors (Lipinski definition) is 1. The summed E-state index contributed by atoms with van der Waals surface area (Å²) in [6.45, 7) is 9.37. The second-order valence-corrected chi connectivity index (χ2v) is 6.90. The largest absolute Gasteiger partial charge is 0.491 e. The normalized spacial score (nSPS) is 10.6. The van der Waals surface area contributed by atoms with Crippen LogP contribution in [0.15, 0.2) is 42.7 Å². The molecule has 0 atom stereocenters. The number of hydrogen-bond acceptors (Lipinski definition) is 4. The van der Waals surface area contributed by atoms with Crippen molar-refractivity contribution in [3.05, 3.63) is 53.9 Å². The predicted octanol–water partition coefficient (Wildman–Crippen LogP) is 4.38. The Balaban J connectivity index is 2.10. The molecule has 2 aromatic rings. The minimum absolute atomic E-state index is 0.0896. The molecule has 0 saturated heterocycles. The van der Waals surface area contributed by atoms with Crippen molar-refractivity contribution in [3.8, 4) is 5.75 Å². The maximum Gasteiger partial charge on any atom is 0.257 e. The summed E-state index contributed by atoms with van der Waals surface area (Å²) >= 11 is 0. The molecule has 0 unspecified atom stereocenters. The quantitative estimate of drug-likeness (QED) is 0.697. The molecular weight excluding hydrogens is 354 g/mol. The highest BCUT2D eigenvalue weighted by molar-refractivity contribution is 6.05. The summed E-state index contributed by atoms with van der Waals surface area (Å²) in [5.74, 6) is 0.340. The monoisotopic (exact) mass is 383 g/mol. The summed E-state index contributed by atoms with van der Waals surface area (Å²) in [7, 11) is 0. The van der Waals surface area contributed by atoms with E-state index < -0.39 is 0 Å². The Morgan fingerprint density at radius 1 is 1.04 bits per heavy atom. The predicted molar refractivity (Wildman–Crippen MR) is 111 cm³/mol. The van der Waals surface area contributed by atoms with Crippen LogP contribution >= 0.6 is 0 Å². The Kier molecular flexibility index (Phi) is 7.99. The van der Waals surface area contributed by atoms with Crippen LogP contribution in [0.3, 0.4) is 0 Å². The summed E-state index contributed by atoms with van der Waals surface area (Å²) in [6.07, 6.45) is 4.83. The van der Waals surface area contributed by atoms with Crippen LogP contribution in [0.1, 0.15) is 61.3 Å². The molecule has 0 aliphatic heterocycles. The lowest BCUT2D eigenvalue weighted by atomic mass is 10.1. The number of aromatic nitrogens is 1. The van der Waals surface area contributed by atoms with E-state index in [-0.39, 0.29) is 17.9 Å². The summed E-state index contributed by atoms with van der Waals surface area (Å²) in [5.41, 5.74) is 1.42. The van der Waals surface area contributed by atoms with E-state index in [0.29, 0.717) is 29.9 Å². The molecular formula is C22H29N3O3. The molecule has 6 nitrogen and oxygen atoms in total. The average molecular weight is 383 g/mol. The van der Waals surface area contributed by atoms with E-state index in [1.807, 2.05) is 27.7 Å². The number of rotatable bonds is 9. The SMILES string of the molecule is CCCN(CCC)C(=O)c1cncc(C(=O)Nc2ccc(OC(C)C)cc2)c1. The minimum Gasteiger partial charge on any atom is -0.491 e. The first-order chi connectivity index (χ1) is 13.4. The Hall–Kier alpha value is -2.89. The maximum atomic E-state index is 12.7. The first kappa shape index (κ1) is 21.4. The summed E-state index contributed by atoms with van der Waals surface area (Å²) in [5, 5.41) is 2.83. The second kappa shape index (κ2) is 10.4. The third-order valence-electron chi connectivity index (χ3n) is 4.01. The zero-order chi connectivity index (χ0) is 20.5. The fourth-order valence-electron chi connectivity index (χ4n) is 2.81. The molecule has 0 saturated carbocycles. The average Bonchev–Trinajstić information content (AvgIpc) is 2.68. The standard InChI is InChI=1S/C22H29N3O3/c1-5-11-25(12-6-2)22(27)18-13-17(14-23-15-18)21(26)24-19-7-9-20(10-8-19)28-16(3)4/h7-10,13-16H,5-6,11-12H2,1-4H3,(H,24,26). The number of ether oxygens (including phenoxy) is 1. The van der Waals surface area contributed by atoms with Gasteiger partial charge in [0.1, 0.15) is 5.75 Å². The minimum atomic E-state index is -0.308. The molecule has 0 bridgehead atoms. The van der Waals surface area contributed by atoms with Gasteiger partial charge < -0.3 is 15.0 Å². The van der Waals surface area contributed by atoms with E-state index in [9.17, 15) is 9.59 Å². The highest BCUT2D eigenvalue weighted by atomic mass is 16.5. The fraction of sp³-hybridized carbons (Fsp3) is 0.409. The molecule has 1 heterocycles. The van der Waals surface area contributed by atoms with Crippen LogP contribution in [0.25, 0.3) is 0 Å². The molecule has 2 amide bonds. The fourth-order valence-corrected chi connectivity index (χ4v) is 2.81. The van der Waals surface area contributed by atoms with Crippen LogP contribution in [-0.2, 0) is 0 Å². The van der Waals surface area contributed by atoms with Gasteiger partial charge in [0.25, 0.3) is 11.8 Å². The smallest absolute Gasteiger partial charge is 0.257 e. The van der Waals surface area contributed by atoms with Crippen LogP contribution in [0.2, 0.25) is 0 Å². The van der Waals surface area contributed by atoms with Crippen molar-refractivity contribution in [1.29, 1.82) is 0 Å². The van der Waals surface area contributed by atoms with E-state index in [0.717, 1.165) is 18.6 Å². The lowest BCUT2D eigenvalue weighted by molar-refractivity contribution is 0.0755. The van der Waals surface area contributed by atoms with Gasteiger partial charge in [-0.05, 0) is 57.0 Å². The summed E-state index contributed by atoms with van der Waals surface area (Å²) in [4.78, 5) is 31.2. The molecule has 1 N–H and O–H groups in total. The van der Waals surface area contributed by atoms with Gasteiger partial charge in [0.05, 0.1) is 17.2 Å². The van der Waals surface area contributed by atoms with E-state index in [2.05, 4.69) is 10.3 Å². The number of carbonyl (C=O) groups is 2. The van der Waals surface area contributed by atoms with Crippen molar-refractivity contribution >= 4 is 17.5 Å². The van der Waals surface area contributed by atoms with Crippen molar-refractivity contribution < 1.29 is 14.3 Å². The van der Waals surface area contributed by atoms with E-state index in [1.165, 1.54) is 12.4 Å². The number of nitrogens with zero attached hydrogens (tertiary/aromatic N) is 2. The van der Waals surface area contributed by atoms with E-state index >= 15 is 0 Å². The molecule has 1 aromatic heterocycles. The highest BCUT2D eigenvalue weighted by Crippen LogP contribution is 2.18. The van der Waals surface area contributed by atoms with Crippen molar-refractivity contribution in [2.24, 2.45) is 0 Å². The lowest BCUT2D eigenvalue weighted by Gasteiger charge is -2.21. The van der Waals surface area contributed by atoms with Gasteiger partial charge in [-0.15, -0.1) is 0 Å². The van der Waals surface area contributed by atoms with E-state index in [1.54, 1.807) is 35.2 Å². The molecule has 0 aliphatic carbocycles. The summed E-state index contributed by atoms with van der Waals surface area (Å²) in [6, 6.07) is 8.77. The molecule has 1 aromatic carbocycles. The van der Waals surface area contributed by atoms with Gasteiger partial charge in [-0.1, -0.05) is 13.8 Å². The zero-order valence-electron chi connectivity index (χ0n) is 17.1. The van der Waals surface area contributed by atoms with Gasteiger partial charge in [-0.2, -0.15) is 0 Å². The van der Waals surface area contributed by atoms with Gasteiger partial charge in [-0.25, -0.2) is 0 Å². The number of benzene rings is 1. The molecule has 0 radical (unpaired) electrons. The molecule has 6 heteroatoms. The van der Waals surface area contributed by atoms with Gasteiger partial charge in [-0.3, -0.25) is 14.6 Å². The maximum absolute atomic E-state index is 12.7. The Labute approximate surface area is 166 Å². The first-order valence-electron chi connectivity index (χ1n) is 9.77. The van der Waals surface area contributed by atoms with Gasteiger partial charge >= 0.3 is 0 Å². The highest BCUT2D eigenvalue weighted by Gasteiger charge is 2.17.